The fourth-order valence-corrected chi connectivity index (χ4v) is 0.0896. The van der Waals surface area contributed by atoms with Crippen molar-refractivity contribution in [3.05, 3.63) is 10.4 Å². The summed E-state index contributed by atoms with van der Waals surface area (Å²) in [4.78, 5) is 11.6. The maximum atomic E-state index is 9.27. The molecule has 0 spiro atoms. The summed E-state index contributed by atoms with van der Waals surface area (Å²) in [5.74, 6) is 0. The van der Waals surface area contributed by atoms with E-state index in [1.807, 2.05) is 0 Å². The fourth-order valence-electron chi connectivity index (χ4n) is 0.0896. The summed E-state index contributed by atoms with van der Waals surface area (Å²) in [6, 6.07) is 0. The molecule has 0 aromatic carbocycles. The Hall–Kier alpha value is -1.22. The Morgan fingerprint density at radius 2 is 2.71 bits per heavy atom. The summed E-state index contributed by atoms with van der Waals surface area (Å²) in [5, 5.41) is 2.89. The summed E-state index contributed by atoms with van der Waals surface area (Å²) in [7, 11) is 0. The Balaban J connectivity index is 2.97. The lowest BCUT2D eigenvalue weighted by molar-refractivity contribution is -0.128. The minimum absolute atomic E-state index is 0.217. The van der Waals surface area contributed by atoms with E-state index in [-0.39, 0.29) is 13.2 Å². The van der Waals surface area contributed by atoms with E-state index in [9.17, 15) is 4.79 Å². The van der Waals surface area contributed by atoms with Crippen LogP contribution in [0.2, 0.25) is 0 Å². The van der Waals surface area contributed by atoms with Crippen LogP contribution in [-0.4, -0.2) is 13.2 Å². The topological polar surface area (TPSA) is 75.1 Å². The van der Waals surface area contributed by atoms with Crippen molar-refractivity contribution < 1.29 is 9.53 Å². The first-order chi connectivity index (χ1) is 3.41. The molecule has 7 heavy (non-hydrogen) atoms. The van der Waals surface area contributed by atoms with Gasteiger partial charge in [-0.25, -0.2) is 0 Å². The zero-order chi connectivity index (χ0) is 5.54. The molecule has 0 radical (unpaired) electrons. The van der Waals surface area contributed by atoms with Gasteiger partial charge in [-0.3, -0.25) is 4.79 Å². The van der Waals surface area contributed by atoms with E-state index in [1.165, 1.54) is 0 Å². The monoisotopic (exact) mass is 101 g/mol. The molecule has 0 aliphatic rings. The highest BCUT2D eigenvalue weighted by atomic mass is 16.5. The van der Waals surface area contributed by atoms with Gasteiger partial charge in [0.2, 0.25) is 0 Å². The minimum atomic E-state index is -0.222. The molecule has 0 aliphatic carbocycles. The van der Waals surface area contributed by atoms with Gasteiger partial charge in [0.25, 0.3) is 6.47 Å². The van der Waals surface area contributed by atoms with E-state index in [0.717, 1.165) is 0 Å². The van der Waals surface area contributed by atoms with E-state index in [0.29, 0.717) is 0 Å². The second-order valence-electron chi connectivity index (χ2n) is 0.623. The van der Waals surface area contributed by atoms with Gasteiger partial charge in [-0.1, -0.05) is 5.11 Å². The van der Waals surface area contributed by atoms with Gasteiger partial charge in [0, 0.05) is 4.91 Å². The molecule has 0 unspecified atom stereocenters. The van der Waals surface area contributed by atoms with E-state index in [1.54, 1.807) is 0 Å². The number of hydrogen-bond acceptors (Lipinski definition) is 3. The average Bonchev–Trinajstić information content (AvgIpc) is 1.69. The van der Waals surface area contributed by atoms with Crippen molar-refractivity contribution in [3.8, 4) is 0 Å². The third-order valence-electron chi connectivity index (χ3n) is 0.264. The highest BCUT2D eigenvalue weighted by molar-refractivity contribution is 5.36. The lowest BCUT2D eigenvalue weighted by Crippen LogP contribution is -1.82. The molecule has 0 saturated carbocycles. The van der Waals surface area contributed by atoms with Gasteiger partial charge in [-0.05, 0) is 5.53 Å². The van der Waals surface area contributed by atoms with Crippen LogP contribution in [0.1, 0.15) is 0 Å². The maximum absolute atomic E-state index is 9.27. The Morgan fingerprint density at radius 1 is 2.00 bits per heavy atom. The molecule has 0 N–H and O–H groups in total. The molecule has 5 nitrogen and oxygen atoms in total. The Morgan fingerprint density at radius 3 is 3.14 bits per heavy atom. The van der Waals surface area contributed by atoms with E-state index in [4.69, 9.17) is 5.53 Å². The number of carbonyl (C=O) groups is 1. The van der Waals surface area contributed by atoms with Crippen molar-refractivity contribution in [3.63, 3.8) is 0 Å². The second kappa shape index (κ2) is 4.78. The molecule has 0 aromatic heterocycles. The predicted molar refractivity (Wildman–Crippen MR) is 21.2 cm³/mol. The van der Waals surface area contributed by atoms with Crippen LogP contribution in [0.3, 0.4) is 0 Å². The van der Waals surface area contributed by atoms with E-state index >= 15 is 0 Å². The van der Waals surface area contributed by atoms with Crippen LogP contribution in [0.25, 0.3) is 10.4 Å². The van der Waals surface area contributed by atoms with Gasteiger partial charge in [0.05, 0.1) is 0 Å². The third-order valence-corrected chi connectivity index (χ3v) is 0.264. The standard InChI is InChI=1S/C2H3N3O2/c3-5-4-1-7-2-6/h2H,1H2. The van der Waals surface area contributed by atoms with E-state index < -0.39 is 0 Å². The maximum Gasteiger partial charge on any atom is 0.293 e. The number of nitrogens with zero attached hydrogens (tertiary/aromatic N) is 3. The predicted octanol–water partition coefficient (Wildman–Crippen LogP) is 0.427. The smallest absolute Gasteiger partial charge is 0.293 e. The molecule has 0 fully saturated rings. The quantitative estimate of drug-likeness (QED) is 0.170. The summed E-state index contributed by atoms with van der Waals surface area (Å²) in [5.41, 5.74) is 7.56. The van der Waals surface area contributed by atoms with E-state index in [2.05, 4.69) is 14.8 Å². The molecule has 0 rings (SSSR count). The Labute approximate surface area is 39.5 Å². The molecule has 5 heteroatoms. The number of hydrogen-bond donors (Lipinski definition) is 0. The number of carbonyl (C=O) groups excluding carboxylic acids is 1. The van der Waals surface area contributed by atoms with Gasteiger partial charge < -0.3 is 4.74 Å². The van der Waals surface area contributed by atoms with Crippen molar-refractivity contribution in [2.24, 2.45) is 5.11 Å². The highest BCUT2D eigenvalue weighted by Gasteiger charge is 1.69. The molecule has 0 heterocycles. The van der Waals surface area contributed by atoms with Crippen LogP contribution in [0.5, 0.6) is 0 Å². The van der Waals surface area contributed by atoms with Crippen molar-refractivity contribution in [2.75, 3.05) is 6.73 Å². The zero-order valence-corrected chi connectivity index (χ0v) is 3.44. The molecule has 0 saturated heterocycles. The van der Waals surface area contributed by atoms with Crippen LogP contribution in [0.4, 0.5) is 0 Å². The largest absolute Gasteiger partial charge is 0.462 e. The van der Waals surface area contributed by atoms with Crippen LogP contribution >= 0.6 is 0 Å². The first-order valence-corrected chi connectivity index (χ1v) is 1.48. The van der Waals surface area contributed by atoms with Crippen LogP contribution in [0, 0.1) is 0 Å². The summed E-state index contributed by atoms with van der Waals surface area (Å²) >= 11 is 0. The fraction of sp³-hybridized carbons (Fsp3) is 0.500. The van der Waals surface area contributed by atoms with Gasteiger partial charge >= 0.3 is 0 Å². The van der Waals surface area contributed by atoms with Crippen molar-refractivity contribution in [2.45, 2.75) is 0 Å². The first kappa shape index (κ1) is 5.78. The summed E-state index contributed by atoms with van der Waals surface area (Å²) < 4.78 is 3.97. The summed E-state index contributed by atoms with van der Waals surface area (Å²) in [6.45, 7) is -0.00528. The Bertz CT molecular complexity index is 95.1. The van der Waals surface area contributed by atoms with Crippen LogP contribution in [0.15, 0.2) is 5.11 Å². The molecular formula is C2H3N3O2. The third kappa shape index (κ3) is 4.78. The zero-order valence-electron chi connectivity index (χ0n) is 3.44. The van der Waals surface area contributed by atoms with Crippen molar-refractivity contribution in [1.29, 1.82) is 0 Å². The molecule has 0 atom stereocenters. The van der Waals surface area contributed by atoms with Crippen molar-refractivity contribution >= 4 is 6.47 Å². The van der Waals surface area contributed by atoms with Gasteiger partial charge in [0.1, 0.15) is 0 Å². The molecule has 0 bridgehead atoms. The number of ether oxygens (including phenoxy) is 1. The van der Waals surface area contributed by atoms with Crippen LogP contribution < -0.4 is 0 Å². The molecule has 0 aromatic rings. The van der Waals surface area contributed by atoms with Gasteiger partial charge in [-0.15, -0.1) is 0 Å². The minimum Gasteiger partial charge on any atom is -0.462 e. The summed E-state index contributed by atoms with van der Waals surface area (Å²) in [6.07, 6.45) is 0. The lowest BCUT2D eigenvalue weighted by atomic mass is 11.3. The Kier molecular flexibility index (Phi) is 3.95. The number of rotatable bonds is 3. The lowest BCUT2D eigenvalue weighted by Gasteiger charge is -1.81. The molecule has 0 amide bonds. The SMILES string of the molecule is [N-]=[N+]=NCOC=O. The molecule has 0 aliphatic heterocycles. The first-order valence-electron chi connectivity index (χ1n) is 1.48. The second-order valence-corrected chi connectivity index (χ2v) is 0.623. The number of azide groups is 1. The molecule has 38 valence electrons. The normalized spacial score (nSPS) is 6.29. The van der Waals surface area contributed by atoms with Crippen molar-refractivity contribution in [1.82, 2.24) is 0 Å². The molecular weight excluding hydrogens is 98.0 g/mol. The van der Waals surface area contributed by atoms with Gasteiger partial charge in [0.15, 0.2) is 6.73 Å². The van der Waals surface area contributed by atoms with Crippen LogP contribution in [-0.2, 0) is 9.53 Å². The highest BCUT2D eigenvalue weighted by Crippen LogP contribution is 1.67. The average molecular weight is 101 g/mol. The van der Waals surface area contributed by atoms with Gasteiger partial charge in [-0.2, -0.15) is 0 Å².